The van der Waals surface area contributed by atoms with Gasteiger partial charge in [-0.2, -0.15) is 0 Å². The van der Waals surface area contributed by atoms with E-state index in [0.717, 1.165) is 52.1 Å². The summed E-state index contributed by atoms with van der Waals surface area (Å²) in [5.74, 6) is 0.710. The summed E-state index contributed by atoms with van der Waals surface area (Å²) in [6.07, 6.45) is 6.20. The van der Waals surface area contributed by atoms with Gasteiger partial charge in [0.05, 0.1) is 11.1 Å². The largest absolute Gasteiger partial charge is 0.351 e. The number of amides is 1. The first kappa shape index (κ1) is 22.0. The molecule has 2 aromatic carbocycles. The minimum atomic E-state index is -0.939. The minimum Gasteiger partial charge on any atom is -0.351 e. The summed E-state index contributed by atoms with van der Waals surface area (Å²) in [6.45, 7) is 7.04. The summed E-state index contributed by atoms with van der Waals surface area (Å²) in [7, 11) is 0. The number of nitrogens with two attached hydrogens (primary N) is 1. The predicted molar refractivity (Wildman–Crippen MR) is 136 cm³/mol. The number of rotatable bonds is 4. The molecule has 0 atom stereocenters. The highest BCUT2D eigenvalue weighted by molar-refractivity contribution is 5.97. The molecule has 2 aromatic heterocycles. The number of aromatic nitrogens is 3. The molecule has 0 spiro atoms. The fourth-order valence-corrected chi connectivity index (χ4v) is 4.39. The lowest BCUT2D eigenvalue weighted by Crippen LogP contribution is -2.45. The van der Waals surface area contributed by atoms with Gasteiger partial charge in [-0.15, -0.1) is 0 Å². The Morgan fingerprint density at radius 3 is 2.71 bits per heavy atom. The van der Waals surface area contributed by atoms with Gasteiger partial charge in [-0.3, -0.25) is 9.78 Å². The molecule has 1 aliphatic heterocycles. The lowest BCUT2D eigenvalue weighted by atomic mass is 9.97. The molecular weight excluding hydrogens is 424 g/mol. The molecule has 0 saturated carbocycles. The number of benzene rings is 2. The first-order chi connectivity index (χ1) is 16.3. The highest BCUT2D eigenvalue weighted by Crippen LogP contribution is 2.33. The zero-order chi connectivity index (χ0) is 23.9. The van der Waals surface area contributed by atoms with Gasteiger partial charge < -0.3 is 16.0 Å². The van der Waals surface area contributed by atoms with E-state index in [2.05, 4.69) is 51.4 Å². The summed E-state index contributed by atoms with van der Waals surface area (Å²) in [4.78, 5) is 28.2. The number of anilines is 2. The molecule has 1 amide bonds. The third-order valence-corrected chi connectivity index (χ3v) is 6.26. The van der Waals surface area contributed by atoms with Crippen LogP contribution in [0, 0.1) is 6.92 Å². The van der Waals surface area contributed by atoms with Gasteiger partial charge in [0.15, 0.2) is 0 Å². The van der Waals surface area contributed by atoms with E-state index in [1.165, 1.54) is 11.1 Å². The Hall–Kier alpha value is -3.84. The van der Waals surface area contributed by atoms with E-state index in [4.69, 9.17) is 10.7 Å². The number of carbonyl (C=O) groups excluding carboxylic acids is 1. The van der Waals surface area contributed by atoms with Crippen LogP contribution in [0.1, 0.15) is 30.5 Å². The Kier molecular flexibility index (Phi) is 5.49. The van der Waals surface area contributed by atoms with E-state index in [-0.39, 0.29) is 5.91 Å². The summed E-state index contributed by atoms with van der Waals surface area (Å²) >= 11 is 0. The van der Waals surface area contributed by atoms with E-state index in [1.807, 2.05) is 24.4 Å². The van der Waals surface area contributed by atoms with Crippen LogP contribution in [0.2, 0.25) is 0 Å². The number of pyridine rings is 1. The van der Waals surface area contributed by atoms with Crippen LogP contribution < -0.4 is 16.0 Å². The van der Waals surface area contributed by atoms with Crippen molar-refractivity contribution >= 4 is 28.3 Å². The van der Waals surface area contributed by atoms with E-state index in [1.54, 1.807) is 26.4 Å². The molecule has 0 radical (unpaired) electrons. The smallest absolute Gasteiger partial charge is 0.243 e. The van der Waals surface area contributed by atoms with E-state index >= 15 is 0 Å². The fourth-order valence-electron chi connectivity index (χ4n) is 4.39. The second kappa shape index (κ2) is 8.50. The standard InChI is InChI=1S/C27H28N6O/c1-17-11-20(19-5-4-9-29-14-19)13-23-24(17)30-16-31-25(23)33-10-8-18-6-7-22(12-21(18)15-33)32-26(34)27(2,3)28/h4-7,9,11-14,16H,8,10,15,28H2,1-3H3,(H,32,34). The summed E-state index contributed by atoms with van der Waals surface area (Å²) in [6, 6.07) is 14.4. The molecule has 3 N–H and O–H groups in total. The van der Waals surface area contributed by atoms with Crippen molar-refractivity contribution in [1.82, 2.24) is 15.0 Å². The van der Waals surface area contributed by atoms with Crippen LogP contribution in [-0.2, 0) is 17.8 Å². The average molecular weight is 453 g/mol. The number of nitrogens with zero attached hydrogens (tertiary/aromatic N) is 4. The van der Waals surface area contributed by atoms with Crippen LogP contribution in [0.15, 0.2) is 61.2 Å². The van der Waals surface area contributed by atoms with Crippen molar-refractivity contribution in [3.05, 3.63) is 77.9 Å². The maximum Gasteiger partial charge on any atom is 0.243 e. The van der Waals surface area contributed by atoms with E-state index in [0.29, 0.717) is 6.54 Å². The SMILES string of the molecule is Cc1cc(-c2cccnc2)cc2c(N3CCc4ccc(NC(=O)C(C)(C)N)cc4C3)ncnc12. The highest BCUT2D eigenvalue weighted by atomic mass is 16.2. The first-order valence-corrected chi connectivity index (χ1v) is 11.4. The van der Waals surface area contributed by atoms with Crippen LogP contribution in [0.3, 0.4) is 0 Å². The molecule has 7 nitrogen and oxygen atoms in total. The number of hydrogen-bond donors (Lipinski definition) is 2. The maximum absolute atomic E-state index is 12.3. The fraction of sp³-hybridized carbons (Fsp3) is 0.259. The summed E-state index contributed by atoms with van der Waals surface area (Å²) in [5, 5.41) is 3.96. The molecule has 3 heterocycles. The number of carbonyl (C=O) groups is 1. The zero-order valence-corrected chi connectivity index (χ0v) is 19.7. The molecule has 0 bridgehead atoms. The normalized spacial score (nSPS) is 13.6. The Morgan fingerprint density at radius 2 is 1.94 bits per heavy atom. The average Bonchev–Trinajstić information content (AvgIpc) is 2.83. The number of fused-ring (bicyclic) bond motifs is 2. The van der Waals surface area contributed by atoms with Crippen LogP contribution in [0.5, 0.6) is 0 Å². The molecule has 4 aromatic rings. The minimum absolute atomic E-state index is 0.208. The summed E-state index contributed by atoms with van der Waals surface area (Å²) in [5.41, 5.74) is 12.4. The van der Waals surface area contributed by atoms with E-state index in [9.17, 15) is 4.79 Å². The molecule has 0 fully saturated rings. The third-order valence-electron chi connectivity index (χ3n) is 6.26. The van der Waals surface area contributed by atoms with Crippen LogP contribution in [-0.4, -0.2) is 32.9 Å². The van der Waals surface area contributed by atoms with Crippen LogP contribution in [0.4, 0.5) is 11.5 Å². The Labute approximate surface area is 199 Å². The predicted octanol–water partition coefficient (Wildman–Crippen LogP) is 4.24. The van der Waals surface area contributed by atoms with Crippen molar-refractivity contribution in [3.63, 3.8) is 0 Å². The van der Waals surface area contributed by atoms with Crippen molar-refractivity contribution < 1.29 is 4.79 Å². The summed E-state index contributed by atoms with van der Waals surface area (Å²) < 4.78 is 0. The second-order valence-corrected chi connectivity index (χ2v) is 9.46. The number of nitrogens with one attached hydrogen (secondary N) is 1. The zero-order valence-electron chi connectivity index (χ0n) is 19.7. The molecule has 34 heavy (non-hydrogen) atoms. The molecule has 5 rings (SSSR count). The Balaban J connectivity index is 1.50. The van der Waals surface area contributed by atoms with Crippen molar-refractivity contribution in [1.29, 1.82) is 0 Å². The lowest BCUT2D eigenvalue weighted by Gasteiger charge is -2.31. The van der Waals surface area contributed by atoms with Crippen molar-refractivity contribution in [2.45, 2.75) is 39.3 Å². The molecule has 0 unspecified atom stereocenters. The van der Waals surface area contributed by atoms with Crippen LogP contribution >= 0.6 is 0 Å². The Morgan fingerprint density at radius 1 is 1.09 bits per heavy atom. The second-order valence-electron chi connectivity index (χ2n) is 9.46. The van der Waals surface area contributed by atoms with E-state index < -0.39 is 5.54 Å². The van der Waals surface area contributed by atoms with Crippen molar-refractivity contribution in [2.24, 2.45) is 5.73 Å². The van der Waals surface area contributed by atoms with Crippen molar-refractivity contribution in [3.8, 4) is 11.1 Å². The molecule has 1 aliphatic rings. The van der Waals surface area contributed by atoms with Gasteiger partial charge in [-0.25, -0.2) is 9.97 Å². The van der Waals surface area contributed by atoms with Gasteiger partial charge in [0.2, 0.25) is 5.91 Å². The molecule has 7 heteroatoms. The monoisotopic (exact) mass is 452 g/mol. The number of hydrogen-bond acceptors (Lipinski definition) is 6. The molecular formula is C27H28N6O. The van der Waals surface area contributed by atoms with Crippen LogP contribution in [0.25, 0.3) is 22.0 Å². The van der Waals surface area contributed by atoms with Gasteiger partial charge in [-0.1, -0.05) is 12.1 Å². The van der Waals surface area contributed by atoms with Crippen molar-refractivity contribution in [2.75, 3.05) is 16.8 Å². The first-order valence-electron chi connectivity index (χ1n) is 11.4. The molecule has 0 aliphatic carbocycles. The third kappa shape index (κ3) is 4.22. The highest BCUT2D eigenvalue weighted by Gasteiger charge is 2.24. The topological polar surface area (TPSA) is 97.0 Å². The molecule has 0 saturated heterocycles. The Bertz CT molecular complexity index is 1380. The van der Waals surface area contributed by atoms with Gasteiger partial charge in [-0.05, 0) is 79.8 Å². The number of aryl methyl sites for hydroxylation is 1. The quantitative estimate of drug-likeness (QED) is 0.481. The van der Waals surface area contributed by atoms with Gasteiger partial charge in [0.25, 0.3) is 0 Å². The van der Waals surface area contributed by atoms with Gasteiger partial charge in [0.1, 0.15) is 12.1 Å². The lowest BCUT2D eigenvalue weighted by molar-refractivity contribution is -0.120. The maximum atomic E-state index is 12.3. The molecule has 172 valence electrons. The van der Waals surface area contributed by atoms with Gasteiger partial charge in [0, 0.05) is 42.1 Å². The van der Waals surface area contributed by atoms with Gasteiger partial charge >= 0.3 is 0 Å².